The second-order valence-electron chi connectivity index (χ2n) is 8.51. The van der Waals surface area contributed by atoms with Gasteiger partial charge >= 0.3 is 0 Å². The number of nitrogens with zero attached hydrogens (tertiary/aromatic N) is 2. The second-order valence-corrected chi connectivity index (χ2v) is 9.52. The molecule has 1 saturated heterocycles. The van der Waals surface area contributed by atoms with Gasteiger partial charge in [0.25, 0.3) is 11.1 Å². The fourth-order valence-corrected chi connectivity index (χ4v) is 4.99. The monoisotopic (exact) mass is 493 g/mol. The van der Waals surface area contributed by atoms with Crippen molar-refractivity contribution in [2.45, 2.75) is 44.3 Å². The van der Waals surface area contributed by atoms with E-state index in [1.54, 1.807) is 36.7 Å². The zero-order chi connectivity index (χ0) is 24.2. The number of nitrogens with one attached hydrogen (secondary N) is 3. The molecule has 0 bridgehead atoms. The molecular weight excluding hydrogens is 469 g/mol. The molecule has 3 N–H and O–H groups in total. The Labute approximate surface area is 205 Å². The molecule has 5 rings (SSSR count). The van der Waals surface area contributed by atoms with Gasteiger partial charge in [0.1, 0.15) is 11.6 Å². The van der Waals surface area contributed by atoms with Gasteiger partial charge in [0.2, 0.25) is 5.95 Å². The summed E-state index contributed by atoms with van der Waals surface area (Å²) < 4.78 is 19.3. The summed E-state index contributed by atoms with van der Waals surface area (Å²) in [5.74, 6) is 0.467. The van der Waals surface area contributed by atoms with Crippen molar-refractivity contribution in [2.24, 2.45) is 0 Å². The zero-order valence-electron chi connectivity index (χ0n) is 18.8. The Kier molecular flexibility index (Phi) is 6.91. The molecule has 3 aromatic rings. The molecule has 2 amide bonds. The summed E-state index contributed by atoms with van der Waals surface area (Å²) in [5.41, 5.74) is 2.33. The predicted octanol–water partition coefficient (Wildman–Crippen LogP) is 4.71. The average molecular weight is 494 g/mol. The first-order chi connectivity index (χ1) is 17.0. The predicted molar refractivity (Wildman–Crippen MR) is 132 cm³/mol. The highest BCUT2D eigenvalue weighted by Crippen LogP contribution is 2.27. The van der Waals surface area contributed by atoms with Crippen molar-refractivity contribution in [1.29, 1.82) is 0 Å². The highest BCUT2D eigenvalue weighted by atomic mass is 32.2. The standard InChI is InChI=1S/C25H24FN5O3S/c26-16-4-3-15(20(12-16)21-2-1-11-34-21)14-28-17-5-7-18(8-6-17)29-24-27-10-9-19(30-24)13-22-23(32)31-25(33)35-22/h1-4,9-13,17-18,28H,5-8,14H2,(H,27,29,30)(H,31,32,33). The molecule has 2 aromatic heterocycles. The van der Waals surface area contributed by atoms with Crippen molar-refractivity contribution in [1.82, 2.24) is 20.6 Å². The van der Waals surface area contributed by atoms with E-state index in [2.05, 4.69) is 25.9 Å². The minimum absolute atomic E-state index is 0.242. The van der Waals surface area contributed by atoms with Crippen LogP contribution in [0.2, 0.25) is 0 Å². The maximum absolute atomic E-state index is 13.8. The molecule has 0 spiro atoms. The fourth-order valence-electron chi connectivity index (χ4n) is 4.32. The van der Waals surface area contributed by atoms with Crippen molar-refractivity contribution in [3.05, 3.63) is 70.8 Å². The van der Waals surface area contributed by atoms with E-state index in [9.17, 15) is 14.0 Å². The molecular formula is C25H24FN5O3S. The molecule has 35 heavy (non-hydrogen) atoms. The Morgan fingerprint density at radius 3 is 2.71 bits per heavy atom. The number of furan rings is 1. The molecule has 1 saturated carbocycles. The van der Waals surface area contributed by atoms with E-state index < -0.39 is 5.91 Å². The van der Waals surface area contributed by atoms with Crippen LogP contribution in [-0.2, 0) is 11.3 Å². The van der Waals surface area contributed by atoms with Gasteiger partial charge in [-0.2, -0.15) is 0 Å². The first kappa shape index (κ1) is 23.3. The van der Waals surface area contributed by atoms with E-state index in [0.717, 1.165) is 48.6 Å². The van der Waals surface area contributed by atoms with Crippen LogP contribution in [0.5, 0.6) is 0 Å². The first-order valence-electron chi connectivity index (χ1n) is 11.4. The lowest BCUT2D eigenvalue weighted by Gasteiger charge is -2.30. The van der Waals surface area contributed by atoms with E-state index in [1.807, 2.05) is 6.07 Å². The number of aromatic nitrogens is 2. The Bertz CT molecular complexity index is 1260. The number of hydrogen-bond acceptors (Lipinski definition) is 8. The van der Waals surface area contributed by atoms with Crippen LogP contribution >= 0.6 is 11.8 Å². The zero-order valence-corrected chi connectivity index (χ0v) is 19.6. The number of hydrogen-bond donors (Lipinski definition) is 3. The van der Waals surface area contributed by atoms with Crippen molar-refractivity contribution in [2.75, 3.05) is 5.32 Å². The third-order valence-corrected chi connectivity index (χ3v) is 6.91. The maximum Gasteiger partial charge on any atom is 0.290 e. The molecule has 0 unspecified atom stereocenters. The Balaban J connectivity index is 1.14. The van der Waals surface area contributed by atoms with Crippen LogP contribution in [0.3, 0.4) is 0 Å². The Morgan fingerprint density at radius 1 is 1.14 bits per heavy atom. The molecule has 8 nitrogen and oxygen atoms in total. The Morgan fingerprint density at radius 2 is 1.97 bits per heavy atom. The van der Waals surface area contributed by atoms with E-state index in [4.69, 9.17) is 4.42 Å². The number of thioether (sulfide) groups is 1. The summed E-state index contributed by atoms with van der Waals surface area (Å²) in [6, 6.07) is 10.7. The number of benzene rings is 1. The molecule has 1 aliphatic heterocycles. The molecule has 1 aromatic carbocycles. The van der Waals surface area contributed by atoms with Gasteiger partial charge in [-0.15, -0.1) is 0 Å². The summed E-state index contributed by atoms with van der Waals surface area (Å²) in [4.78, 5) is 32.2. The number of carbonyl (C=O) groups excluding carboxylic acids is 2. The number of halogens is 1. The molecule has 0 atom stereocenters. The lowest BCUT2D eigenvalue weighted by atomic mass is 9.91. The number of anilines is 1. The average Bonchev–Trinajstić information content (AvgIpc) is 3.49. The van der Waals surface area contributed by atoms with Gasteiger partial charge in [0.15, 0.2) is 0 Å². The number of carbonyl (C=O) groups is 2. The smallest absolute Gasteiger partial charge is 0.290 e. The molecule has 180 valence electrons. The van der Waals surface area contributed by atoms with Crippen LogP contribution in [-0.4, -0.2) is 33.2 Å². The van der Waals surface area contributed by atoms with Gasteiger partial charge in [-0.3, -0.25) is 14.9 Å². The van der Waals surface area contributed by atoms with Gasteiger partial charge in [-0.25, -0.2) is 14.4 Å². The highest BCUT2D eigenvalue weighted by Gasteiger charge is 2.25. The van der Waals surface area contributed by atoms with E-state index in [1.165, 1.54) is 12.1 Å². The highest BCUT2D eigenvalue weighted by molar-refractivity contribution is 8.18. The second kappa shape index (κ2) is 10.4. The van der Waals surface area contributed by atoms with Gasteiger partial charge in [0, 0.05) is 30.4 Å². The summed E-state index contributed by atoms with van der Waals surface area (Å²) in [6.07, 6.45) is 8.68. The lowest BCUT2D eigenvalue weighted by Crippen LogP contribution is -2.37. The SMILES string of the molecule is O=C1NC(=O)C(=Cc2ccnc(NC3CCC(NCc4ccc(F)cc4-c4ccco4)CC3)n2)S1. The van der Waals surface area contributed by atoms with Crippen LogP contribution < -0.4 is 16.0 Å². The molecule has 2 aliphatic rings. The summed E-state index contributed by atoms with van der Waals surface area (Å²) in [7, 11) is 0. The Hall–Kier alpha value is -3.50. The minimum Gasteiger partial charge on any atom is -0.464 e. The fraction of sp³-hybridized carbons (Fsp3) is 0.280. The third-order valence-electron chi connectivity index (χ3n) is 6.10. The van der Waals surface area contributed by atoms with Gasteiger partial charge in [-0.05, 0) is 79.4 Å². The summed E-state index contributed by atoms with van der Waals surface area (Å²) >= 11 is 0.864. The third kappa shape index (κ3) is 5.77. The van der Waals surface area contributed by atoms with Crippen molar-refractivity contribution in [3.63, 3.8) is 0 Å². The van der Waals surface area contributed by atoms with E-state index >= 15 is 0 Å². The van der Waals surface area contributed by atoms with Crippen LogP contribution in [0.15, 0.2) is 58.2 Å². The van der Waals surface area contributed by atoms with Crippen LogP contribution in [0.1, 0.15) is 36.9 Å². The number of amides is 2. The van der Waals surface area contributed by atoms with E-state index in [-0.39, 0.29) is 17.1 Å². The van der Waals surface area contributed by atoms with Crippen LogP contribution in [0.4, 0.5) is 15.1 Å². The molecule has 0 radical (unpaired) electrons. The topological polar surface area (TPSA) is 109 Å². The molecule has 10 heteroatoms. The van der Waals surface area contributed by atoms with Crippen LogP contribution in [0, 0.1) is 5.82 Å². The normalized spacial score (nSPS) is 21.3. The van der Waals surface area contributed by atoms with Gasteiger partial charge in [0.05, 0.1) is 16.9 Å². The quantitative estimate of drug-likeness (QED) is 0.406. The maximum atomic E-state index is 13.8. The van der Waals surface area contributed by atoms with Crippen LogP contribution in [0.25, 0.3) is 17.4 Å². The molecule has 2 fully saturated rings. The van der Waals surface area contributed by atoms with Crippen molar-refractivity contribution < 1.29 is 18.4 Å². The summed E-state index contributed by atoms with van der Waals surface area (Å²) in [6.45, 7) is 0.632. The van der Waals surface area contributed by atoms with Gasteiger partial charge < -0.3 is 15.1 Å². The minimum atomic E-state index is -0.407. The van der Waals surface area contributed by atoms with Gasteiger partial charge in [-0.1, -0.05) is 6.07 Å². The first-order valence-corrected chi connectivity index (χ1v) is 12.3. The number of rotatable bonds is 7. The van der Waals surface area contributed by atoms with Crippen molar-refractivity contribution >= 4 is 34.9 Å². The largest absolute Gasteiger partial charge is 0.464 e. The summed E-state index contributed by atoms with van der Waals surface area (Å²) in [5, 5.41) is 8.85. The molecule has 1 aliphatic carbocycles. The molecule has 3 heterocycles. The van der Waals surface area contributed by atoms with E-state index in [0.29, 0.717) is 34.9 Å². The lowest BCUT2D eigenvalue weighted by molar-refractivity contribution is -0.115. The number of imide groups is 1. The van der Waals surface area contributed by atoms with Crippen molar-refractivity contribution in [3.8, 4) is 11.3 Å².